The fourth-order valence-electron chi connectivity index (χ4n) is 5.18. The Morgan fingerprint density at radius 3 is 2.74 bits per heavy atom. The third-order valence-corrected chi connectivity index (χ3v) is 8.30. The van der Waals surface area contributed by atoms with Crippen LogP contribution in [-0.4, -0.2) is 48.8 Å². The van der Waals surface area contributed by atoms with Crippen molar-refractivity contribution in [1.29, 1.82) is 0 Å². The van der Waals surface area contributed by atoms with Gasteiger partial charge in [0.25, 0.3) is 5.91 Å². The minimum absolute atomic E-state index is 0.127. The van der Waals surface area contributed by atoms with Crippen molar-refractivity contribution in [3.63, 3.8) is 0 Å². The number of carbonyl (C=O) groups excluding carboxylic acids is 2. The summed E-state index contributed by atoms with van der Waals surface area (Å²) in [6.07, 6.45) is 2.52. The minimum atomic E-state index is -0.362. The first-order chi connectivity index (χ1) is 20.7. The molecule has 0 aliphatic heterocycles. The number of imidazole rings is 1. The molecule has 0 spiro atoms. The maximum Gasteiger partial charge on any atom is 0.251 e. The SMILES string of the molecule is CNC(=O)c1ccc2nc(-c3ccc4cn[nH]c4c3)n([C@@H](CC(=O)NCc3nc(Cc4cccs4)no3)C(C)(C)C)c2c1. The van der Waals surface area contributed by atoms with Crippen LogP contribution in [0.3, 0.4) is 0 Å². The fraction of sp³-hybridized carbons (Fsp3) is 0.290. The van der Waals surface area contributed by atoms with Crippen molar-refractivity contribution in [3.8, 4) is 11.4 Å². The summed E-state index contributed by atoms with van der Waals surface area (Å²) in [4.78, 5) is 36.6. The molecule has 6 rings (SSSR count). The Morgan fingerprint density at radius 2 is 1.98 bits per heavy atom. The second kappa shape index (κ2) is 11.4. The first kappa shape index (κ1) is 28.3. The number of nitrogens with zero attached hydrogens (tertiary/aromatic N) is 5. The van der Waals surface area contributed by atoms with Gasteiger partial charge in [0.05, 0.1) is 29.3 Å². The predicted molar refractivity (Wildman–Crippen MR) is 165 cm³/mol. The maximum atomic E-state index is 13.5. The molecule has 43 heavy (non-hydrogen) atoms. The van der Waals surface area contributed by atoms with Gasteiger partial charge in [-0.25, -0.2) is 4.98 Å². The Hall–Kier alpha value is -4.84. The van der Waals surface area contributed by atoms with Gasteiger partial charge in [0, 0.05) is 47.3 Å². The van der Waals surface area contributed by atoms with Crippen LogP contribution < -0.4 is 10.6 Å². The molecule has 2 aromatic carbocycles. The zero-order chi connectivity index (χ0) is 30.1. The molecule has 0 aliphatic rings. The van der Waals surface area contributed by atoms with Gasteiger partial charge in [0.2, 0.25) is 11.8 Å². The largest absolute Gasteiger partial charge is 0.355 e. The Bertz CT molecular complexity index is 1910. The van der Waals surface area contributed by atoms with E-state index >= 15 is 0 Å². The lowest BCUT2D eigenvalue weighted by molar-refractivity contribution is -0.122. The molecule has 0 saturated carbocycles. The standard InChI is InChI=1S/C31H32N8O3S/c1-31(2,3)25(15-27(40)33-17-28-36-26(38-42-28)14-21-6-5-11-43-21)39-24-13-19(30(41)32-4)9-10-22(24)35-29(39)18-7-8-20-16-34-37-23(20)12-18/h5-13,16,25H,14-15,17H2,1-4H3,(H,32,41)(H,33,40)(H,34,37)/t25-/m0/s1. The molecule has 11 nitrogen and oxygen atoms in total. The number of hydrogen-bond donors (Lipinski definition) is 3. The summed E-state index contributed by atoms with van der Waals surface area (Å²) < 4.78 is 7.47. The quantitative estimate of drug-likeness (QED) is 0.206. The summed E-state index contributed by atoms with van der Waals surface area (Å²) in [5.74, 6) is 1.26. The molecular formula is C31H32N8O3S. The molecule has 2 amide bonds. The van der Waals surface area contributed by atoms with Crippen LogP contribution in [0.5, 0.6) is 0 Å². The zero-order valence-electron chi connectivity index (χ0n) is 24.3. The van der Waals surface area contributed by atoms with Gasteiger partial charge in [-0.15, -0.1) is 11.3 Å². The van der Waals surface area contributed by atoms with Crippen LogP contribution in [-0.2, 0) is 17.8 Å². The smallest absolute Gasteiger partial charge is 0.251 e. The highest BCUT2D eigenvalue weighted by Gasteiger charge is 2.33. The fourth-order valence-corrected chi connectivity index (χ4v) is 5.88. The van der Waals surface area contributed by atoms with E-state index in [-0.39, 0.29) is 36.2 Å². The van der Waals surface area contributed by atoms with E-state index in [1.165, 1.54) is 0 Å². The van der Waals surface area contributed by atoms with E-state index in [2.05, 4.69) is 56.3 Å². The van der Waals surface area contributed by atoms with Crippen LogP contribution >= 0.6 is 11.3 Å². The van der Waals surface area contributed by atoms with Gasteiger partial charge in [-0.1, -0.05) is 44.1 Å². The Morgan fingerprint density at radius 1 is 1.12 bits per heavy atom. The minimum Gasteiger partial charge on any atom is -0.355 e. The van der Waals surface area contributed by atoms with Crippen molar-refractivity contribution in [3.05, 3.63) is 82.3 Å². The topological polar surface area (TPSA) is 144 Å². The summed E-state index contributed by atoms with van der Waals surface area (Å²) in [5, 5.41) is 19.9. The number of aromatic nitrogens is 6. The van der Waals surface area contributed by atoms with E-state index in [0.29, 0.717) is 29.5 Å². The molecule has 6 aromatic rings. The summed E-state index contributed by atoms with van der Waals surface area (Å²) in [6.45, 7) is 6.41. The number of hydrogen-bond acceptors (Lipinski definition) is 8. The summed E-state index contributed by atoms with van der Waals surface area (Å²) >= 11 is 1.63. The first-order valence-corrected chi connectivity index (χ1v) is 14.9. The van der Waals surface area contributed by atoms with Gasteiger partial charge in [0.1, 0.15) is 5.82 Å². The molecular weight excluding hydrogens is 564 g/mol. The molecule has 0 aliphatic carbocycles. The van der Waals surface area contributed by atoms with Gasteiger partial charge < -0.3 is 19.7 Å². The van der Waals surface area contributed by atoms with Crippen LogP contribution in [0.2, 0.25) is 0 Å². The van der Waals surface area contributed by atoms with Crippen molar-refractivity contribution >= 4 is 45.1 Å². The molecule has 1 atom stereocenters. The van der Waals surface area contributed by atoms with Gasteiger partial charge in [-0.3, -0.25) is 14.7 Å². The third kappa shape index (κ3) is 5.91. The molecule has 12 heteroatoms. The molecule has 0 radical (unpaired) electrons. The molecule has 4 heterocycles. The van der Waals surface area contributed by atoms with Gasteiger partial charge in [0.15, 0.2) is 5.82 Å². The number of benzene rings is 2. The second-order valence-corrected chi connectivity index (χ2v) is 12.5. The van der Waals surface area contributed by atoms with Gasteiger partial charge >= 0.3 is 0 Å². The number of carbonyl (C=O) groups is 2. The van der Waals surface area contributed by atoms with Crippen LogP contribution in [0.4, 0.5) is 0 Å². The third-order valence-electron chi connectivity index (χ3n) is 7.43. The van der Waals surface area contributed by atoms with Crippen LogP contribution in [0.25, 0.3) is 33.3 Å². The highest BCUT2D eigenvalue weighted by molar-refractivity contribution is 7.09. The highest BCUT2D eigenvalue weighted by Crippen LogP contribution is 2.40. The summed E-state index contributed by atoms with van der Waals surface area (Å²) in [6, 6.07) is 15.1. The van der Waals surface area contributed by atoms with E-state index < -0.39 is 0 Å². The highest BCUT2D eigenvalue weighted by atomic mass is 32.1. The Labute approximate surface area is 251 Å². The van der Waals surface area contributed by atoms with Crippen LogP contribution in [0.15, 0.2) is 64.6 Å². The lowest BCUT2D eigenvalue weighted by Gasteiger charge is -2.33. The van der Waals surface area contributed by atoms with Gasteiger partial charge in [-0.2, -0.15) is 10.1 Å². The summed E-state index contributed by atoms with van der Waals surface area (Å²) in [5.41, 5.74) is 3.39. The molecule has 0 bridgehead atoms. The van der Waals surface area contributed by atoms with Gasteiger partial charge in [-0.05, 0) is 41.1 Å². The van der Waals surface area contributed by atoms with Crippen LogP contribution in [0.1, 0.15) is 60.2 Å². The number of rotatable bonds is 9. The average Bonchev–Trinajstić information content (AvgIpc) is 3.80. The van der Waals surface area contributed by atoms with Crippen molar-refractivity contribution in [1.82, 2.24) is 40.5 Å². The monoisotopic (exact) mass is 596 g/mol. The van der Waals surface area contributed by atoms with Crippen molar-refractivity contribution in [2.45, 2.75) is 46.2 Å². The number of nitrogens with one attached hydrogen (secondary N) is 3. The molecule has 0 unspecified atom stereocenters. The van der Waals surface area contributed by atoms with Crippen LogP contribution in [0, 0.1) is 5.41 Å². The van der Waals surface area contributed by atoms with E-state index in [1.807, 2.05) is 47.8 Å². The lowest BCUT2D eigenvalue weighted by Crippen LogP contribution is -2.32. The Balaban J connectivity index is 1.33. The van der Waals surface area contributed by atoms with E-state index in [4.69, 9.17) is 9.51 Å². The number of amides is 2. The van der Waals surface area contributed by atoms with E-state index in [1.54, 1.807) is 30.6 Å². The number of thiophene rings is 1. The number of H-pyrrole nitrogens is 1. The Kier molecular flexibility index (Phi) is 7.53. The molecule has 220 valence electrons. The summed E-state index contributed by atoms with van der Waals surface area (Å²) in [7, 11) is 1.60. The van der Waals surface area contributed by atoms with E-state index in [9.17, 15) is 9.59 Å². The average molecular weight is 597 g/mol. The molecule has 0 fully saturated rings. The van der Waals surface area contributed by atoms with Crippen molar-refractivity contribution in [2.24, 2.45) is 5.41 Å². The molecule has 4 aromatic heterocycles. The predicted octanol–water partition coefficient (Wildman–Crippen LogP) is 5.27. The number of aromatic amines is 1. The molecule has 0 saturated heterocycles. The first-order valence-electron chi connectivity index (χ1n) is 14.0. The van der Waals surface area contributed by atoms with Crippen molar-refractivity contribution in [2.75, 3.05) is 7.05 Å². The normalized spacial score (nSPS) is 12.6. The second-order valence-electron chi connectivity index (χ2n) is 11.5. The van der Waals surface area contributed by atoms with Crippen molar-refractivity contribution < 1.29 is 14.1 Å². The molecule has 3 N–H and O–H groups in total. The number of fused-ring (bicyclic) bond motifs is 2. The lowest BCUT2D eigenvalue weighted by atomic mass is 9.84. The zero-order valence-corrected chi connectivity index (χ0v) is 25.2. The van der Waals surface area contributed by atoms with E-state index in [0.717, 1.165) is 32.4 Å². The maximum absolute atomic E-state index is 13.5.